The van der Waals surface area contributed by atoms with Crippen molar-refractivity contribution in [1.29, 1.82) is 0 Å². The lowest BCUT2D eigenvalue weighted by Gasteiger charge is -2.33. The molecule has 216 valence electrons. The topological polar surface area (TPSA) is 104 Å². The van der Waals surface area contributed by atoms with Crippen molar-refractivity contribution in [3.8, 4) is 0 Å². The summed E-state index contributed by atoms with van der Waals surface area (Å²) in [5.74, 6) is -1.79. The minimum atomic E-state index is -4.68. The molecule has 2 aromatic rings. The van der Waals surface area contributed by atoms with E-state index in [0.29, 0.717) is 24.5 Å². The molecular formula is C29H33F3IN3O4. The molecule has 0 spiro atoms. The zero-order valence-electron chi connectivity index (χ0n) is 22.4. The van der Waals surface area contributed by atoms with Crippen LogP contribution in [0.4, 0.5) is 13.2 Å². The number of rotatable bonds is 10. The highest BCUT2D eigenvalue weighted by atomic mass is 127. The average Bonchev–Trinajstić information content (AvgIpc) is 2.88. The predicted octanol–water partition coefficient (Wildman–Crippen LogP) is 5.05. The number of Topliss-reactive ketones (excluding diaryl/α,β-unsaturated/α-hetero) is 1. The quantitative estimate of drug-likeness (QED) is 0.308. The number of benzene rings is 2. The molecule has 0 aromatic heterocycles. The van der Waals surface area contributed by atoms with E-state index in [-0.39, 0.29) is 53.7 Å². The zero-order valence-corrected chi connectivity index (χ0v) is 24.5. The molecule has 0 aliphatic heterocycles. The summed E-state index contributed by atoms with van der Waals surface area (Å²) in [6.45, 7) is 3.23. The second-order valence-electron chi connectivity index (χ2n) is 10.4. The van der Waals surface area contributed by atoms with Gasteiger partial charge in [0.2, 0.25) is 5.91 Å². The third-order valence-corrected chi connectivity index (χ3v) is 7.37. The van der Waals surface area contributed by atoms with Gasteiger partial charge in [0.1, 0.15) is 5.78 Å². The molecule has 0 heterocycles. The van der Waals surface area contributed by atoms with Gasteiger partial charge in [-0.3, -0.25) is 19.2 Å². The van der Waals surface area contributed by atoms with Crippen molar-refractivity contribution in [2.75, 3.05) is 6.54 Å². The Morgan fingerprint density at radius 3 is 2.15 bits per heavy atom. The van der Waals surface area contributed by atoms with Crippen LogP contribution in [-0.4, -0.2) is 42.1 Å². The first-order valence-electron chi connectivity index (χ1n) is 13.2. The summed E-state index contributed by atoms with van der Waals surface area (Å²) in [6.07, 6.45) is -1.59. The second-order valence-corrected chi connectivity index (χ2v) is 11.7. The van der Waals surface area contributed by atoms with E-state index in [1.807, 2.05) is 26.0 Å². The number of carbonyl (C=O) groups is 4. The van der Waals surface area contributed by atoms with Gasteiger partial charge in [0.25, 0.3) is 11.8 Å². The lowest BCUT2D eigenvalue weighted by Crippen LogP contribution is -2.54. The molecule has 3 rings (SSSR count). The first-order chi connectivity index (χ1) is 18.8. The highest BCUT2D eigenvalue weighted by Crippen LogP contribution is 2.31. The summed E-state index contributed by atoms with van der Waals surface area (Å²) in [5.41, 5.74) is -0.634. The van der Waals surface area contributed by atoms with Crippen molar-refractivity contribution in [1.82, 2.24) is 16.0 Å². The summed E-state index contributed by atoms with van der Waals surface area (Å²) in [4.78, 5) is 50.7. The molecule has 7 nitrogen and oxygen atoms in total. The monoisotopic (exact) mass is 671 g/mol. The van der Waals surface area contributed by atoms with Gasteiger partial charge in [-0.05, 0) is 83.3 Å². The molecule has 1 aliphatic carbocycles. The maximum atomic E-state index is 13.3. The number of hydrogen-bond acceptors (Lipinski definition) is 4. The highest BCUT2D eigenvalue weighted by Gasteiger charge is 2.32. The van der Waals surface area contributed by atoms with E-state index in [0.717, 1.165) is 28.5 Å². The van der Waals surface area contributed by atoms with Crippen LogP contribution < -0.4 is 16.0 Å². The Labute approximate surface area is 245 Å². The van der Waals surface area contributed by atoms with Gasteiger partial charge in [0.05, 0.1) is 12.1 Å². The zero-order chi connectivity index (χ0) is 29.4. The van der Waals surface area contributed by atoms with E-state index in [9.17, 15) is 32.3 Å². The Morgan fingerprint density at radius 1 is 0.925 bits per heavy atom. The van der Waals surface area contributed by atoms with Crippen molar-refractivity contribution in [2.45, 2.75) is 70.6 Å². The first-order valence-corrected chi connectivity index (χ1v) is 14.3. The molecule has 0 bridgehead atoms. The van der Waals surface area contributed by atoms with Crippen molar-refractivity contribution in [3.05, 3.63) is 68.3 Å². The molecule has 0 unspecified atom stereocenters. The van der Waals surface area contributed by atoms with Gasteiger partial charge >= 0.3 is 6.18 Å². The Hall–Kier alpha value is -2.96. The average molecular weight is 671 g/mol. The van der Waals surface area contributed by atoms with Crippen molar-refractivity contribution in [3.63, 3.8) is 0 Å². The molecule has 1 saturated carbocycles. The second kappa shape index (κ2) is 14.1. The smallest absolute Gasteiger partial charge is 0.350 e. The van der Waals surface area contributed by atoms with Crippen LogP contribution in [0.2, 0.25) is 0 Å². The Bertz CT molecular complexity index is 1230. The molecule has 11 heteroatoms. The van der Waals surface area contributed by atoms with Crippen LogP contribution in [0.3, 0.4) is 0 Å². The maximum Gasteiger partial charge on any atom is 0.416 e. The molecule has 2 atom stereocenters. The van der Waals surface area contributed by atoms with E-state index in [1.165, 1.54) is 0 Å². The van der Waals surface area contributed by atoms with E-state index < -0.39 is 30.1 Å². The van der Waals surface area contributed by atoms with Crippen LogP contribution in [0.5, 0.6) is 0 Å². The van der Waals surface area contributed by atoms with Crippen molar-refractivity contribution < 1.29 is 32.3 Å². The molecule has 3 amide bonds. The third kappa shape index (κ3) is 9.31. The van der Waals surface area contributed by atoms with Gasteiger partial charge in [-0.2, -0.15) is 13.2 Å². The van der Waals surface area contributed by atoms with Gasteiger partial charge in [-0.1, -0.05) is 32.8 Å². The highest BCUT2D eigenvalue weighted by molar-refractivity contribution is 14.1. The largest absolute Gasteiger partial charge is 0.416 e. The van der Waals surface area contributed by atoms with E-state index in [4.69, 9.17) is 0 Å². The number of hydrogen-bond donors (Lipinski definition) is 3. The molecule has 3 N–H and O–H groups in total. The maximum absolute atomic E-state index is 13.3. The van der Waals surface area contributed by atoms with E-state index in [2.05, 4.69) is 38.5 Å². The van der Waals surface area contributed by atoms with Gasteiger partial charge in [0.15, 0.2) is 0 Å². The molecular weight excluding hydrogens is 638 g/mol. The molecule has 2 aromatic carbocycles. The van der Waals surface area contributed by atoms with Gasteiger partial charge < -0.3 is 16.0 Å². The van der Waals surface area contributed by atoms with Crippen LogP contribution >= 0.6 is 22.6 Å². The van der Waals surface area contributed by atoms with E-state index in [1.54, 1.807) is 12.1 Å². The summed E-state index contributed by atoms with van der Waals surface area (Å²) in [6, 6.07) is 9.13. The van der Waals surface area contributed by atoms with Crippen LogP contribution in [-0.2, 0) is 22.2 Å². The number of carbonyl (C=O) groups excluding carboxylic acids is 4. The Balaban J connectivity index is 1.64. The fourth-order valence-electron chi connectivity index (χ4n) is 4.70. The number of ketones is 1. The minimum absolute atomic E-state index is 0.0629. The van der Waals surface area contributed by atoms with Crippen molar-refractivity contribution in [2.24, 2.45) is 5.92 Å². The first kappa shape index (κ1) is 31.6. The Morgan fingerprint density at radius 2 is 1.55 bits per heavy atom. The fourth-order valence-corrected chi connectivity index (χ4v) is 5.06. The van der Waals surface area contributed by atoms with Gasteiger partial charge in [-0.15, -0.1) is 0 Å². The fraction of sp³-hybridized carbons (Fsp3) is 0.448. The molecule has 40 heavy (non-hydrogen) atoms. The lowest BCUT2D eigenvalue weighted by atomic mass is 9.90. The van der Waals surface area contributed by atoms with Crippen LogP contribution in [0.15, 0.2) is 42.5 Å². The lowest BCUT2D eigenvalue weighted by molar-refractivity contribution is -0.137. The molecule has 0 radical (unpaired) electrons. The van der Waals surface area contributed by atoms with Crippen LogP contribution in [0.25, 0.3) is 0 Å². The van der Waals surface area contributed by atoms with E-state index >= 15 is 0 Å². The van der Waals surface area contributed by atoms with Crippen molar-refractivity contribution >= 4 is 46.1 Å². The molecule has 1 fully saturated rings. The molecule has 1 aliphatic rings. The summed E-state index contributed by atoms with van der Waals surface area (Å²) < 4.78 is 41.0. The van der Waals surface area contributed by atoms with Gasteiger partial charge in [-0.25, -0.2) is 0 Å². The standard InChI is InChI=1S/C29H33F3IN3O4/c1-17(2)13-22(37)14-19-7-10-20(29(30,31)32)15-23(19)28(40)34-16-26(38)35-24-5-3-4-6-25(24)36-27(39)18-8-11-21(33)12-9-18/h7-12,15,17,24-25H,3-6,13-14,16H2,1-2H3,(H,34,40)(H,35,38)(H,36,39)/t24-,25+/m0/s1. The predicted molar refractivity (Wildman–Crippen MR) is 153 cm³/mol. The van der Waals surface area contributed by atoms with Crippen LogP contribution in [0, 0.1) is 9.49 Å². The normalized spacial score (nSPS) is 17.3. The number of halogens is 4. The number of nitrogens with one attached hydrogen (secondary N) is 3. The van der Waals surface area contributed by atoms with Crippen LogP contribution in [0.1, 0.15) is 77.8 Å². The summed E-state index contributed by atoms with van der Waals surface area (Å²) >= 11 is 2.15. The summed E-state index contributed by atoms with van der Waals surface area (Å²) in [5, 5.41) is 8.21. The SMILES string of the molecule is CC(C)CC(=O)Cc1ccc(C(F)(F)F)cc1C(=O)NCC(=O)N[C@H]1CCCC[C@H]1NC(=O)c1ccc(I)cc1. The third-order valence-electron chi connectivity index (χ3n) is 6.65. The minimum Gasteiger partial charge on any atom is -0.350 e. The number of amides is 3. The molecule has 0 saturated heterocycles. The Kier molecular flexibility index (Phi) is 11.1. The van der Waals surface area contributed by atoms with Gasteiger partial charge in [0, 0.05) is 39.6 Å². The number of alkyl halides is 3. The summed E-state index contributed by atoms with van der Waals surface area (Å²) in [7, 11) is 0.